The molecule has 0 fully saturated rings. The van der Waals surface area contributed by atoms with Crippen LogP contribution in [0.25, 0.3) is 0 Å². The summed E-state index contributed by atoms with van der Waals surface area (Å²) in [7, 11) is 0. The maximum absolute atomic E-state index is 11.5. The normalized spacial score (nSPS) is 13.5. The van der Waals surface area contributed by atoms with Crippen molar-refractivity contribution < 1.29 is 9.53 Å². The molecule has 94 valence electrons. The summed E-state index contributed by atoms with van der Waals surface area (Å²) in [6.07, 6.45) is 0.851. The topological polar surface area (TPSA) is 51.2 Å². The maximum Gasteiger partial charge on any atom is 0.356 e. The van der Waals surface area contributed by atoms with Crippen LogP contribution in [0.15, 0.2) is 6.07 Å². The number of carbonyl (C=O) groups excluding carboxylic acids is 1. The van der Waals surface area contributed by atoms with Crippen LogP contribution in [0.3, 0.4) is 0 Å². The highest BCUT2D eigenvalue weighted by atomic mass is 35.5. The summed E-state index contributed by atoms with van der Waals surface area (Å²) in [4.78, 5) is 15.8. The van der Waals surface area contributed by atoms with Crippen molar-refractivity contribution >= 4 is 30.0 Å². The molecule has 4 nitrogen and oxygen atoms in total. The molecule has 0 bridgehead atoms. The first kappa shape index (κ1) is 14.2. The van der Waals surface area contributed by atoms with Crippen LogP contribution in [0.2, 0.25) is 5.02 Å². The largest absolute Gasteiger partial charge is 0.461 e. The Balaban J connectivity index is 0.00000144. The third-order valence-electron chi connectivity index (χ3n) is 2.48. The van der Waals surface area contributed by atoms with Gasteiger partial charge in [-0.15, -0.1) is 12.4 Å². The van der Waals surface area contributed by atoms with E-state index in [2.05, 4.69) is 10.3 Å². The summed E-state index contributed by atoms with van der Waals surface area (Å²) in [5, 5.41) is 3.80. The first-order chi connectivity index (χ1) is 7.72. The van der Waals surface area contributed by atoms with E-state index in [1.165, 1.54) is 0 Å². The second-order valence-electron chi connectivity index (χ2n) is 3.56. The third kappa shape index (κ3) is 3.09. The molecule has 0 radical (unpaired) electrons. The number of ether oxygens (including phenoxy) is 1. The second-order valence-corrected chi connectivity index (χ2v) is 3.97. The molecule has 6 heteroatoms. The summed E-state index contributed by atoms with van der Waals surface area (Å²) >= 11 is 6.12. The van der Waals surface area contributed by atoms with Crippen molar-refractivity contribution in [3.05, 3.63) is 28.0 Å². The van der Waals surface area contributed by atoms with Gasteiger partial charge >= 0.3 is 5.97 Å². The van der Waals surface area contributed by atoms with Crippen LogP contribution in [-0.4, -0.2) is 24.1 Å². The Morgan fingerprint density at radius 1 is 1.65 bits per heavy atom. The lowest BCUT2D eigenvalue weighted by Gasteiger charge is -2.17. The number of hydrogen-bond donors (Lipinski definition) is 1. The fourth-order valence-electron chi connectivity index (χ4n) is 1.73. The lowest BCUT2D eigenvalue weighted by molar-refractivity contribution is 0.0519. The molecule has 0 atom stereocenters. The number of pyridine rings is 1. The maximum atomic E-state index is 11.5. The molecule has 1 aliphatic rings. The number of halogens is 2. The SMILES string of the molecule is CCOC(=O)c1cc(Cl)c2c(n1)CNCC2.Cl. The molecule has 0 aromatic carbocycles. The average molecular weight is 277 g/mol. The molecule has 0 spiro atoms. The molecule has 1 N–H and O–H groups in total. The number of carbonyl (C=O) groups is 1. The van der Waals surface area contributed by atoms with Crippen molar-refractivity contribution in [2.24, 2.45) is 0 Å². The van der Waals surface area contributed by atoms with Gasteiger partial charge in [-0.2, -0.15) is 0 Å². The minimum Gasteiger partial charge on any atom is -0.461 e. The first-order valence-corrected chi connectivity index (χ1v) is 5.66. The molecule has 2 rings (SSSR count). The van der Waals surface area contributed by atoms with Crippen molar-refractivity contribution in [1.29, 1.82) is 0 Å². The van der Waals surface area contributed by atoms with Crippen molar-refractivity contribution in [3.63, 3.8) is 0 Å². The number of nitrogens with one attached hydrogen (secondary N) is 1. The van der Waals surface area contributed by atoms with Crippen LogP contribution in [0.1, 0.15) is 28.7 Å². The predicted molar refractivity (Wildman–Crippen MR) is 67.9 cm³/mol. The van der Waals surface area contributed by atoms with E-state index in [-0.39, 0.29) is 18.1 Å². The van der Waals surface area contributed by atoms with Crippen molar-refractivity contribution in [3.8, 4) is 0 Å². The van der Waals surface area contributed by atoms with Gasteiger partial charge in [0.2, 0.25) is 0 Å². The molecule has 1 aliphatic heterocycles. The number of nitrogens with zero attached hydrogens (tertiary/aromatic N) is 1. The van der Waals surface area contributed by atoms with Crippen LogP contribution >= 0.6 is 24.0 Å². The Morgan fingerprint density at radius 3 is 3.12 bits per heavy atom. The van der Waals surface area contributed by atoms with E-state index in [0.717, 1.165) is 24.2 Å². The highest BCUT2D eigenvalue weighted by molar-refractivity contribution is 6.31. The lowest BCUT2D eigenvalue weighted by atomic mass is 10.1. The fraction of sp³-hybridized carbons (Fsp3) is 0.455. The number of hydrogen-bond acceptors (Lipinski definition) is 4. The quantitative estimate of drug-likeness (QED) is 0.840. The standard InChI is InChI=1S/C11H13ClN2O2.ClH/c1-2-16-11(15)9-5-8(12)7-3-4-13-6-10(7)14-9;/h5,13H,2-4,6H2,1H3;1H. The Kier molecular flexibility index (Phi) is 5.18. The zero-order valence-corrected chi connectivity index (χ0v) is 11.0. The lowest BCUT2D eigenvalue weighted by Crippen LogP contribution is -2.26. The van der Waals surface area contributed by atoms with Gasteiger partial charge in [0.05, 0.1) is 12.3 Å². The van der Waals surface area contributed by atoms with Gasteiger partial charge in [0, 0.05) is 11.6 Å². The number of esters is 1. The van der Waals surface area contributed by atoms with Crippen LogP contribution in [0.4, 0.5) is 0 Å². The van der Waals surface area contributed by atoms with E-state index in [9.17, 15) is 4.79 Å². The van der Waals surface area contributed by atoms with Crippen LogP contribution in [0, 0.1) is 0 Å². The molecule has 17 heavy (non-hydrogen) atoms. The fourth-order valence-corrected chi connectivity index (χ4v) is 2.04. The molecule has 0 unspecified atom stereocenters. The molecule has 0 saturated carbocycles. The molecular formula is C11H14Cl2N2O2. The molecule has 1 aromatic rings. The van der Waals surface area contributed by atoms with Gasteiger partial charge in [-0.05, 0) is 31.5 Å². The number of aromatic nitrogens is 1. The van der Waals surface area contributed by atoms with Gasteiger partial charge in [-0.25, -0.2) is 9.78 Å². The molecule has 0 saturated heterocycles. The third-order valence-corrected chi connectivity index (χ3v) is 2.82. The van der Waals surface area contributed by atoms with E-state index < -0.39 is 5.97 Å². The molecule has 2 heterocycles. The molecule has 0 amide bonds. The second kappa shape index (κ2) is 6.19. The molecular weight excluding hydrogens is 263 g/mol. The summed E-state index contributed by atoms with van der Waals surface area (Å²) in [5.74, 6) is -0.419. The van der Waals surface area contributed by atoms with Crippen LogP contribution < -0.4 is 5.32 Å². The summed E-state index contributed by atoms with van der Waals surface area (Å²) in [6.45, 7) is 3.66. The first-order valence-electron chi connectivity index (χ1n) is 5.28. The summed E-state index contributed by atoms with van der Waals surface area (Å²) in [6, 6.07) is 1.59. The monoisotopic (exact) mass is 276 g/mol. The van der Waals surface area contributed by atoms with Gasteiger partial charge in [0.25, 0.3) is 0 Å². The van der Waals surface area contributed by atoms with Gasteiger partial charge in [-0.3, -0.25) is 0 Å². The van der Waals surface area contributed by atoms with E-state index in [1.807, 2.05) is 0 Å². The van der Waals surface area contributed by atoms with Crippen molar-refractivity contribution in [2.75, 3.05) is 13.2 Å². The van der Waals surface area contributed by atoms with E-state index >= 15 is 0 Å². The zero-order valence-electron chi connectivity index (χ0n) is 9.46. The zero-order chi connectivity index (χ0) is 11.5. The van der Waals surface area contributed by atoms with E-state index in [0.29, 0.717) is 18.2 Å². The minimum atomic E-state index is -0.419. The van der Waals surface area contributed by atoms with Crippen molar-refractivity contribution in [2.45, 2.75) is 19.9 Å². The number of fused-ring (bicyclic) bond motifs is 1. The van der Waals surface area contributed by atoms with E-state index in [4.69, 9.17) is 16.3 Å². The van der Waals surface area contributed by atoms with Crippen LogP contribution in [-0.2, 0) is 17.7 Å². The predicted octanol–water partition coefficient (Wildman–Crippen LogP) is 1.98. The Bertz CT molecular complexity index is 424. The minimum absolute atomic E-state index is 0. The van der Waals surface area contributed by atoms with E-state index in [1.54, 1.807) is 13.0 Å². The highest BCUT2D eigenvalue weighted by Crippen LogP contribution is 2.23. The summed E-state index contributed by atoms with van der Waals surface area (Å²) < 4.78 is 4.89. The average Bonchev–Trinajstić information content (AvgIpc) is 2.29. The van der Waals surface area contributed by atoms with Gasteiger partial charge < -0.3 is 10.1 Å². The van der Waals surface area contributed by atoms with Gasteiger partial charge in [0.1, 0.15) is 5.69 Å². The smallest absolute Gasteiger partial charge is 0.356 e. The molecule has 1 aromatic heterocycles. The Labute approximate surface area is 111 Å². The van der Waals surface area contributed by atoms with Gasteiger partial charge in [-0.1, -0.05) is 11.6 Å². The van der Waals surface area contributed by atoms with Crippen molar-refractivity contribution in [1.82, 2.24) is 10.3 Å². The van der Waals surface area contributed by atoms with Crippen LogP contribution in [0.5, 0.6) is 0 Å². The summed E-state index contributed by atoms with van der Waals surface area (Å²) in [5.41, 5.74) is 2.17. The molecule has 0 aliphatic carbocycles. The van der Waals surface area contributed by atoms with Gasteiger partial charge in [0.15, 0.2) is 0 Å². The number of rotatable bonds is 2. The Morgan fingerprint density at radius 2 is 2.41 bits per heavy atom. The Hall–Kier alpha value is -0.840. The highest BCUT2D eigenvalue weighted by Gasteiger charge is 2.18.